The summed E-state index contributed by atoms with van der Waals surface area (Å²) in [5.74, 6) is 0. The van der Waals surface area contributed by atoms with Gasteiger partial charge in [0.15, 0.2) is 0 Å². The summed E-state index contributed by atoms with van der Waals surface area (Å²) in [6, 6.07) is -1.34. The van der Waals surface area contributed by atoms with Crippen molar-refractivity contribution in [2.45, 2.75) is 82.2 Å². The largest absolute Gasteiger partial charge is 0.473 e. The zero-order chi connectivity index (χ0) is 19.5. The molecule has 8 nitrogen and oxygen atoms in total. The second kappa shape index (κ2) is 9.52. The van der Waals surface area contributed by atoms with E-state index in [0.29, 0.717) is 12.8 Å². The summed E-state index contributed by atoms with van der Waals surface area (Å²) in [6.45, 7) is 5.76. The highest BCUT2D eigenvalue weighted by molar-refractivity contribution is 7.47. The predicted molar refractivity (Wildman–Crippen MR) is 95.2 cm³/mol. The van der Waals surface area contributed by atoms with E-state index in [0.717, 1.165) is 0 Å². The molecule has 0 amide bonds. The Hall–Kier alpha value is 0.0799. The first-order valence-electron chi connectivity index (χ1n) is 8.83. The molecule has 2 heterocycles. The van der Waals surface area contributed by atoms with Crippen molar-refractivity contribution in [1.82, 2.24) is 0 Å². The van der Waals surface area contributed by atoms with E-state index in [1.807, 2.05) is 20.8 Å². The highest BCUT2D eigenvalue weighted by Crippen LogP contribution is 2.50. The topological polar surface area (TPSA) is 92.7 Å². The molecule has 0 aliphatic carbocycles. The van der Waals surface area contributed by atoms with E-state index in [9.17, 15) is 9.46 Å². The van der Waals surface area contributed by atoms with Crippen LogP contribution in [-0.2, 0) is 32.6 Å². The molecule has 0 aromatic rings. The molecule has 0 saturated carbocycles. The predicted octanol–water partition coefficient (Wildman–Crippen LogP) is 0.884. The Morgan fingerprint density at radius 2 is 1.88 bits per heavy atom. The van der Waals surface area contributed by atoms with Crippen molar-refractivity contribution in [3.8, 4) is 0 Å². The number of methoxy groups -OCH3 is 1. The fourth-order valence-electron chi connectivity index (χ4n) is 3.14. The average Bonchev–Trinajstić information content (AvgIpc) is 3.03. The third-order valence-corrected chi connectivity index (χ3v) is 5.41. The first-order chi connectivity index (χ1) is 12.2. The molecule has 2 aliphatic heterocycles. The molecule has 2 aliphatic rings. The van der Waals surface area contributed by atoms with Crippen molar-refractivity contribution in [2.24, 2.45) is 0 Å². The summed E-state index contributed by atoms with van der Waals surface area (Å²) in [7, 11) is 8.62. The molecule has 0 spiro atoms. The molecule has 2 saturated heterocycles. The fraction of sp³-hybridized carbons (Fsp3) is 1.00. The van der Waals surface area contributed by atoms with Gasteiger partial charge >= 0.3 is 7.82 Å². The van der Waals surface area contributed by atoms with Gasteiger partial charge in [0.2, 0.25) is 0 Å². The van der Waals surface area contributed by atoms with Gasteiger partial charge in [-0.2, -0.15) is 0 Å². The Kier molecular flexibility index (Phi) is 8.19. The zero-order valence-corrected chi connectivity index (χ0v) is 16.5. The van der Waals surface area contributed by atoms with Crippen LogP contribution in [0.4, 0.5) is 0 Å². The molecule has 1 N–H and O–H groups in total. The van der Waals surface area contributed by atoms with E-state index in [-0.39, 0.29) is 18.8 Å². The number of hydrogen-bond donors (Lipinski definition) is 1. The van der Waals surface area contributed by atoms with Crippen molar-refractivity contribution in [2.75, 3.05) is 13.7 Å². The lowest BCUT2D eigenvalue weighted by Gasteiger charge is -2.27. The molecule has 0 aromatic heterocycles. The second-order valence-electron chi connectivity index (χ2n) is 6.76. The highest BCUT2D eigenvalue weighted by Gasteiger charge is 2.48. The molecule has 26 heavy (non-hydrogen) atoms. The lowest BCUT2D eigenvalue weighted by molar-refractivity contribution is -0.0557. The van der Waals surface area contributed by atoms with Gasteiger partial charge in [0, 0.05) is 19.1 Å². The van der Waals surface area contributed by atoms with Crippen molar-refractivity contribution in [3.63, 3.8) is 0 Å². The maximum atomic E-state index is 12.6. The van der Waals surface area contributed by atoms with Crippen LogP contribution in [0.15, 0.2) is 0 Å². The molecule has 4 radical (unpaired) electrons. The molecule has 11 heteroatoms. The second-order valence-corrected chi connectivity index (χ2v) is 8.12. The summed E-state index contributed by atoms with van der Waals surface area (Å²) in [6.07, 6.45) is -2.45. The zero-order valence-electron chi connectivity index (χ0n) is 15.6. The average molecular weight is 388 g/mol. The van der Waals surface area contributed by atoms with Gasteiger partial charge in [0.25, 0.3) is 0 Å². The molecule has 2 fully saturated rings. The summed E-state index contributed by atoms with van der Waals surface area (Å²) < 4.78 is 45.1. The van der Waals surface area contributed by atoms with Gasteiger partial charge in [-0.3, -0.25) is 9.05 Å². The summed E-state index contributed by atoms with van der Waals surface area (Å²) in [5, 5.41) is 0. The molecule has 0 bridgehead atoms. The number of phosphoric ester groups is 1. The number of ether oxygens (including phenoxy) is 4. The Morgan fingerprint density at radius 1 is 1.19 bits per heavy atom. The highest BCUT2D eigenvalue weighted by atomic mass is 31.2. The van der Waals surface area contributed by atoms with Gasteiger partial charge in [-0.05, 0) is 26.7 Å². The third-order valence-electron chi connectivity index (χ3n) is 4.37. The molecule has 8 atom stereocenters. The van der Waals surface area contributed by atoms with Gasteiger partial charge in [0.05, 0.1) is 24.9 Å². The van der Waals surface area contributed by atoms with E-state index in [4.69, 9.17) is 43.7 Å². The standard InChI is InChI=1S/C15H27B2O8P/c1-5-9-10(6-12(16)22-9)24-26(18,19)25-13-11(7-21-8(2)3)23-15(17)14(13)20-4/h8-15H,5-7H2,1-4H3,(H,18,19)/t9?,10?,11?,12?,13-,14?,15?/m1/s1. The molecule has 7 unspecified atom stereocenters. The van der Waals surface area contributed by atoms with Gasteiger partial charge < -0.3 is 23.8 Å². The molecular formula is C15H27B2O8P. The van der Waals surface area contributed by atoms with Crippen LogP contribution in [0.2, 0.25) is 0 Å². The Bertz CT molecular complexity index is 496. The van der Waals surface area contributed by atoms with Crippen molar-refractivity contribution >= 4 is 23.5 Å². The molecule has 0 aromatic carbocycles. The minimum atomic E-state index is -4.44. The minimum Gasteiger partial charge on any atom is -0.382 e. The van der Waals surface area contributed by atoms with E-state index < -0.39 is 44.2 Å². The Labute approximate surface area is 157 Å². The Morgan fingerprint density at radius 3 is 2.46 bits per heavy atom. The maximum Gasteiger partial charge on any atom is 0.473 e. The van der Waals surface area contributed by atoms with Crippen molar-refractivity contribution < 1.29 is 37.5 Å². The smallest absolute Gasteiger partial charge is 0.382 e. The SMILES string of the molecule is [B]C1CC(OP(=O)(O)O[C@@H]2C(COC(C)C)OC([B])C2OC)C(CC)O1. The van der Waals surface area contributed by atoms with Gasteiger partial charge in [-0.25, -0.2) is 4.57 Å². The van der Waals surface area contributed by atoms with Gasteiger partial charge in [-0.1, -0.05) is 6.92 Å². The first-order valence-corrected chi connectivity index (χ1v) is 10.3. The quantitative estimate of drug-likeness (QED) is 0.460. The molecular weight excluding hydrogens is 361 g/mol. The number of rotatable bonds is 9. The van der Waals surface area contributed by atoms with Gasteiger partial charge in [-0.15, -0.1) is 0 Å². The van der Waals surface area contributed by atoms with E-state index >= 15 is 0 Å². The summed E-state index contributed by atoms with van der Waals surface area (Å²) in [5.41, 5.74) is 0. The van der Waals surface area contributed by atoms with Crippen LogP contribution in [0.3, 0.4) is 0 Å². The Balaban J connectivity index is 2.04. The molecule has 2 rings (SSSR count). The fourth-order valence-corrected chi connectivity index (χ4v) is 4.32. The van der Waals surface area contributed by atoms with Gasteiger partial charge in [0.1, 0.15) is 34.0 Å². The van der Waals surface area contributed by atoms with E-state index in [1.165, 1.54) is 7.11 Å². The van der Waals surface area contributed by atoms with Crippen LogP contribution in [0.1, 0.15) is 33.6 Å². The maximum absolute atomic E-state index is 12.6. The minimum absolute atomic E-state index is 0.0447. The van der Waals surface area contributed by atoms with Crippen molar-refractivity contribution in [1.29, 1.82) is 0 Å². The van der Waals surface area contributed by atoms with Crippen LogP contribution >= 0.6 is 7.82 Å². The number of phosphoric acid groups is 1. The van der Waals surface area contributed by atoms with Crippen LogP contribution in [-0.4, -0.2) is 82.9 Å². The molecule has 146 valence electrons. The lowest BCUT2D eigenvalue weighted by atomic mass is 9.93. The summed E-state index contributed by atoms with van der Waals surface area (Å²) >= 11 is 0. The van der Waals surface area contributed by atoms with Crippen LogP contribution in [0.25, 0.3) is 0 Å². The number of hydrogen-bond acceptors (Lipinski definition) is 7. The van der Waals surface area contributed by atoms with Crippen molar-refractivity contribution in [3.05, 3.63) is 0 Å². The lowest BCUT2D eigenvalue weighted by Crippen LogP contribution is -2.38. The van der Waals surface area contributed by atoms with Crippen LogP contribution < -0.4 is 0 Å². The van der Waals surface area contributed by atoms with E-state index in [2.05, 4.69) is 0 Å². The normalized spacial score (nSPS) is 40.2. The summed E-state index contributed by atoms with van der Waals surface area (Å²) in [4.78, 5) is 10.3. The van der Waals surface area contributed by atoms with E-state index in [1.54, 1.807) is 0 Å². The van der Waals surface area contributed by atoms with Crippen LogP contribution in [0.5, 0.6) is 0 Å². The van der Waals surface area contributed by atoms with Crippen LogP contribution in [0, 0.1) is 0 Å². The third kappa shape index (κ3) is 5.79. The first kappa shape index (κ1) is 22.4. The monoisotopic (exact) mass is 388 g/mol.